The lowest BCUT2D eigenvalue weighted by Crippen LogP contribution is -2.41. The Labute approximate surface area is 109 Å². The maximum Gasteiger partial charge on any atom is 0.224 e. The van der Waals surface area contributed by atoms with Crippen molar-refractivity contribution in [2.75, 3.05) is 13.1 Å². The number of carbonyl (C=O) groups excluding carboxylic acids is 1. The van der Waals surface area contributed by atoms with Gasteiger partial charge in [0, 0.05) is 36.3 Å². The summed E-state index contributed by atoms with van der Waals surface area (Å²) in [5, 5.41) is 2.96. The Hall–Kier alpha value is -1.42. The normalized spacial score (nSPS) is 13.1. The molecule has 1 amide bonds. The molecule has 0 spiro atoms. The maximum atomic E-state index is 11.9. The Balaban J connectivity index is 2.60. The molecule has 18 heavy (non-hydrogen) atoms. The third-order valence-electron chi connectivity index (χ3n) is 3.21. The van der Waals surface area contributed by atoms with Crippen molar-refractivity contribution in [1.29, 1.82) is 0 Å². The number of nitrogens with one attached hydrogen (secondary N) is 1. The molecule has 0 saturated heterocycles. The van der Waals surface area contributed by atoms with Crippen LogP contribution in [0.15, 0.2) is 24.4 Å². The van der Waals surface area contributed by atoms with Gasteiger partial charge in [0.15, 0.2) is 0 Å². The van der Waals surface area contributed by atoms with E-state index in [4.69, 9.17) is 5.73 Å². The SMILES string of the molecule is CCC(CN)C(=O)NCC(C)(C)c1ccccn1. The molecule has 4 nitrogen and oxygen atoms in total. The topological polar surface area (TPSA) is 68.0 Å². The lowest BCUT2D eigenvalue weighted by atomic mass is 9.88. The van der Waals surface area contributed by atoms with E-state index in [1.807, 2.05) is 25.1 Å². The van der Waals surface area contributed by atoms with Crippen LogP contribution in [0.1, 0.15) is 32.9 Å². The number of hydrogen-bond donors (Lipinski definition) is 2. The molecule has 0 bridgehead atoms. The molecule has 0 aliphatic carbocycles. The highest BCUT2D eigenvalue weighted by atomic mass is 16.1. The summed E-state index contributed by atoms with van der Waals surface area (Å²) in [5.41, 5.74) is 6.36. The Kier molecular flexibility index (Phi) is 5.28. The first-order valence-corrected chi connectivity index (χ1v) is 6.40. The van der Waals surface area contributed by atoms with Crippen LogP contribution < -0.4 is 11.1 Å². The molecule has 1 heterocycles. The van der Waals surface area contributed by atoms with Crippen molar-refractivity contribution in [3.63, 3.8) is 0 Å². The first-order chi connectivity index (χ1) is 8.51. The van der Waals surface area contributed by atoms with Crippen LogP contribution in [0.5, 0.6) is 0 Å². The van der Waals surface area contributed by atoms with E-state index in [9.17, 15) is 4.79 Å². The van der Waals surface area contributed by atoms with Gasteiger partial charge in [-0.25, -0.2) is 0 Å². The van der Waals surface area contributed by atoms with Crippen LogP contribution >= 0.6 is 0 Å². The third-order valence-corrected chi connectivity index (χ3v) is 3.21. The summed E-state index contributed by atoms with van der Waals surface area (Å²) in [7, 11) is 0. The molecule has 3 N–H and O–H groups in total. The smallest absolute Gasteiger partial charge is 0.224 e. The lowest BCUT2D eigenvalue weighted by Gasteiger charge is -2.25. The van der Waals surface area contributed by atoms with Gasteiger partial charge in [-0.1, -0.05) is 26.8 Å². The summed E-state index contributed by atoms with van der Waals surface area (Å²) >= 11 is 0. The molecule has 1 rings (SSSR count). The summed E-state index contributed by atoms with van der Waals surface area (Å²) < 4.78 is 0. The Bertz CT molecular complexity index is 372. The maximum absolute atomic E-state index is 11.9. The van der Waals surface area contributed by atoms with E-state index in [0.29, 0.717) is 13.1 Å². The minimum absolute atomic E-state index is 0.0315. The van der Waals surface area contributed by atoms with Gasteiger partial charge in [-0.05, 0) is 18.6 Å². The van der Waals surface area contributed by atoms with Crippen LogP contribution in [0.3, 0.4) is 0 Å². The molecule has 4 heteroatoms. The Morgan fingerprint density at radius 2 is 2.22 bits per heavy atom. The van der Waals surface area contributed by atoms with Gasteiger partial charge >= 0.3 is 0 Å². The molecule has 1 aromatic rings. The largest absolute Gasteiger partial charge is 0.355 e. The monoisotopic (exact) mass is 249 g/mol. The zero-order valence-electron chi connectivity index (χ0n) is 11.4. The van der Waals surface area contributed by atoms with Crippen LogP contribution in [0.4, 0.5) is 0 Å². The van der Waals surface area contributed by atoms with Crippen molar-refractivity contribution in [2.45, 2.75) is 32.6 Å². The number of aromatic nitrogens is 1. The molecule has 1 aromatic heterocycles. The van der Waals surface area contributed by atoms with Gasteiger partial charge in [0.1, 0.15) is 0 Å². The van der Waals surface area contributed by atoms with E-state index in [0.717, 1.165) is 12.1 Å². The average molecular weight is 249 g/mol. The minimum Gasteiger partial charge on any atom is -0.355 e. The molecular weight excluding hydrogens is 226 g/mol. The predicted octanol–water partition coefficient (Wildman–Crippen LogP) is 1.46. The quantitative estimate of drug-likeness (QED) is 0.802. The van der Waals surface area contributed by atoms with Crippen molar-refractivity contribution in [2.24, 2.45) is 11.7 Å². The summed E-state index contributed by atoms with van der Waals surface area (Å²) in [4.78, 5) is 16.2. The molecule has 1 unspecified atom stereocenters. The number of nitrogens with zero attached hydrogens (tertiary/aromatic N) is 1. The second-order valence-electron chi connectivity index (χ2n) is 5.16. The van der Waals surface area contributed by atoms with Crippen molar-refractivity contribution < 1.29 is 4.79 Å². The third kappa shape index (κ3) is 3.81. The zero-order valence-corrected chi connectivity index (χ0v) is 11.4. The summed E-state index contributed by atoms with van der Waals surface area (Å²) in [5.74, 6) is -0.0615. The number of nitrogens with two attached hydrogens (primary N) is 1. The van der Waals surface area contributed by atoms with E-state index in [2.05, 4.69) is 24.1 Å². The van der Waals surface area contributed by atoms with Gasteiger partial charge in [0.2, 0.25) is 5.91 Å². The predicted molar refractivity (Wildman–Crippen MR) is 73.1 cm³/mol. The summed E-state index contributed by atoms with van der Waals surface area (Å²) in [6, 6.07) is 5.83. The molecule has 0 fully saturated rings. The number of amides is 1. The van der Waals surface area contributed by atoms with Crippen LogP contribution in [0.2, 0.25) is 0 Å². The van der Waals surface area contributed by atoms with Crippen molar-refractivity contribution in [1.82, 2.24) is 10.3 Å². The highest BCUT2D eigenvalue weighted by Crippen LogP contribution is 2.19. The van der Waals surface area contributed by atoms with Crippen LogP contribution in [0, 0.1) is 5.92 Å². The Morgan fingerprint density at radius 3 is 2.72 bits per heavy atom. The standard InChI is InChI=1S/C14H23N3O/c1-4-11(9-15)13(18)17-10-14(2,3)12-7-5-6-8-16-12/h5-8,11H,4,9-10,15H2,1-3H3,(H,17,18). The minimum atomic E-state index is -0.177. The molecular formula is C14H23N3O. The Morgan fingerprint density at radius 1 is 1.50 bits per heavy atom. The number of carbonyl (C=O) groups is 1. The number of hydrogen-bond acceptors (Lipinski definition) is 3. The fourth-order valence-corrected chi connectivity index (χ4v) is 1.77. The molecule has 0 aliphatic heterocycles. The average Bonchev–Trinajstić information content (AvgIpc) is 2.39. The van der Waals surface area contributed by atoms with Crippen molar-refractivity contribution in [3.8, 4) is 0 Å². The van der Waals surface area contributed by atoms with Gasteiger partial charge in [0.25, 0.3) is 0 Å². The zero-order chi connectivity index (χ0) is 13.6. The van der Waals surface area contributed by atoms with E-state index < -0.39 is 0 Å². The first-order valence-electron chi connectivity index (χ1n) is 6.40. The molecule has 0 saturated carbocycles. The van der Waals surface area contributed by atoms with Gasteiger partial charge in [0.05, 0.1) is 0 Å². The van der Waals surface area contributed by atoms with Gasteiger partial charge in [-0.2, -0.15) is 0 Å². The summed E-state index contributed by atoms with van der Waals surface area (Å²) in [6.45, 7) is 7.07. The molecule has 100 valence electrons. The van der Waals surface area contributed by atoms with Gasteiger partial charge in [-0.15, -0.1) is 0 Å². The van der Waals surface area contributed by atoms with E-state index in [1.54, 1.807) is 6.20 Å². The molecule has 0 radical (unpaired) electrons. The highest BCUT2D eigenvalue weighted by Gasteiger charge is 2.24. The fourth-order valence-electron chi connectivity index (χ4n) is 1.77. The molecule has 1 atom stereocenters. The van der Waals surface area contributed by atoms with Gasteiger partial charge < -0.3 is 11.1 Å². The summed E-state index contributed by atoms with van der Waals surface area (Å²) in [6.07, 6.45) is 2.54. The number of pyridine rings is 1. The van der Waals surface area contributed by atoms with Crippen molar-refractivity contribution in [3.05, 3.63) is 30.1 Å². The van der Waals surface area contributed by atoms with Crippen LogP contribution in [-0.4, -0.2) is 24.0 Å². The highest BCUT2D eigenvalue weighted by molar-refractivity contribution is 5.78. The van der Waals surface area contributed by atoms with E-state index in [-0.39, 0.29) is 17.2 Å². The molecule has 0 aromatic carbocycles. The van der Waals surface area contributed by atoms with Gasteiger partial charge in [-0.3, -0.25) is 9.78 Å². The fraction of sp³-hybridized carbons (Fsp3) is 0.571. The van der Waals surface area contributed by atoms with E-state index in [1.165, 1.54) is 0 Å². The molecule has 0 aliphatic rings. The first kappa shape index (κ1) is 14.6. The van der Waals surface area contributed by atoms with Crippen molar-refractivity contribution >= 4 is 5.91 Å². The second kappa shape index (κ2) is 6.50. The number of rotatable bonds is 6. The van der Waals surface area contributed by atoms with Crippen LogP contribution in [-0.2, 0) is 10.2 Å². The second-order valence-corrected chi connectivity index (χ2v) is 5.16. The lowest BCUT2D eigenvalue weighted by molar-refractivity contribution is -0.125. The van der Waals surface area contributed by atoms with E-state index >= 15 is 0 Å². The van der Waals surface area contributed by atoms with Crippen LogP contribution in [0.25, 0.3) is 0 Å².